The van der Waals surface area contributed by atoms with E-state index in [1.165, 1.54) is 12.1 Å². The highest BCUT2D eigenvalue weighted by Gasteiger charge is 2.52. The van der Waals surface area contributed by atoms with Crippen LogP contribution in [-0.4, -0.2) is 34.1 Å². The summed E-state index contributed by atoms with van der Waals surface area (Å²) in [6.07, 6.45) is -5.49. The van der Waals surface area contributed by atoms with Gasteiger partial charge < -0.3 is 9.84 Å². The van der Waals surface area contributed by atoms with Crippen LogP contribution in [0.1, 0.15) is 36.6 Å². The van der Waals surface area contributed by atoms with Crippen molar-refractivity contribution in [3.63, 3.8) is 0 Å². The molecule has 7 nitrogen and oxygen atoms in total. The number of halogens is 3. The van der Waals surface area contributed by atoms with E-state index in [0.29, 0.717) is 17.6 Å². The number of hydrogen-bond acceptors (Lipinski definition) is 4. The molecule has 2 aliphatic heterocycles. The zero-order valence-electron chi connectivity index (χ0n) is 19.2. The molecule has 1 aliphatic carbocycles. The fourth-order valence-electron chi connectivity index (χ4n) is 5.16. The molecular weight excluding hydrogens is 477 g/mol. The molecule has 3 amide bonds. The Morgan fingerprint density at radius 2 is 1.81 bits per heavy atom. The molecule has 10 heteroatoms. The molecule has 2 heterocycles. The van der Waals surface area contributed by atoms with Crippen LogP contribution in [-0.2, 0) is 26.9 Å². The summed E-state index contributed by atoms with van der Waals surface area (Å²) in [6, 6.07) is 10.9. The zero-order chi connectivity index (χ0) is 25.9. The fourth-order valence-corrected chi connectivity index (χ4v) is 5.16. The third-order valence-electron chi connectivity index (χ3n) is 7.06. The van der Waals surface area contributed by atoms with E-state index in [9.17, 15) is 32.7 Å². The number of anilines is 1. The Hall–Kier alpha value is -4.08. The number of likely N-dealkylation sites (tertiary alicyclic amines) is 1. The molecule has 3 atom stereocenters. The number of carboxylic acid groups (broad SMARTS) is 1. The summed E-state index contributed by atoms with van der Waals surface area (Å²) in [5, 5.41) is 9.73. The van der Waals surface area contributed by atoms with E-state index in [4.69, 9.17) is 4.74 Å². The minimum Gasteiger partial charge on any atom is -0.473 e. The van der Waals surface area contributed by atoms with E-state index in [-0.39, 0.29) is 11.3 Å². The summed E-state index contributed by atoms with van der Waals surface area (Å²) in [7, 11) is 0. The number of amides is 3. The van der Waals surface area contributed by atoms with Crippen LogP contribution in [0.2, 0.25) is 0 Å². The molecular formula is C26H21F3N2O5. The van der Waals surface area contributed by atoms with E-state index in [2.05, 4.69) is 0 Å². The van der Waals surface area contributed by atoms with Gasteiger partial charge in [0, 0.05) is 17.2 Å². The van der Waals surface area contributed by atoms with E-state index < -0.39 is 47.8 Å². The Balaban J connectivity index is 1.50. The molecule has 2 aromatic rings. The second-order valence-corrected chi connectivity index (χ2v) is 9.00. The molecule has 1 saturated heterocycles. The Bertz CT molecular complexity index is 1360. The summed E-state index contributed by atoms with van der Waals surface area (Å²) in [5.74, 6) is -1.72. The number of benzene rings is 2. The van der Waals surface area contributed by atoms with Crippen molar-refractivity contribution in [2.24, 2.45) is 5.92 Å². The maximum absolute atomic E-state index is 13.3. The summed E-state index contributed by atoms with van der Waals surface area (Å²) in [6.45, 7) is 3.17. The Kier molecular flexibility index (Phi) is 5.42. The van der Waals surface area contributed by atoms with Crippen LogP contribution in [0.5, 0.6) is 0 Å². The van der Waals surface area contributed by atoms with E-state index in [1.54, 1.807) is 26.0 Å². The molecule has 0 spiro atoms. The lowest BCUT2D eigenvalue weighted by Gasteiger charge is -2.26. The summed E-state index contributed by atoms with van der Waals surface area (Å²) < 4.78 is 45.8. The molecule has 36 heavy (non-hydrogen) atoms. The molecule has 3 aliphatic rings. The van der Waals surface area contributed by atoms with Crippen LogP contribution in [0.3, 0.4) is 0 Å². The van der Waals surface area contributed by atoms with Crippen LogP contribution < -0.4 is 4.90 Å². The van der Waals surface area contributed by atoms with Crippen molar-refractivity contribution in [2.45, 2.75) is 38.7 Å². The predicted molar refractivity (Wildman–Crippen MR) is 122 cm³/mol. The summed E-state index contributed by atoms with van der Waals surface area (Å²) in [4.78, 5) is 39.9. The average molecular weight is 498 g/mol. The maximum atomic E-state index is 13.3. The van der Waals surface area contributed by atoms with Gasteiger partial charge in [-0.1, -0.05) is 30.3 Å². The minimum atomic E-state index is -4.60. The van der Waals surface area contributed by atoms with Crippen molar-refractivity contribution in [1.29, 1.82) is 0 Å². The van der Waals surface area contributed by atoms with Crippen molar-refractivity contribution in [3.05, 3.63) is 88.2 Å². The first-order valence-corrected chi connectivity index (χ1v) is 11.2. The van der Waals surface area contributed by atoms with Gasteiger partial charge in [0.05, 0.1) is 23.4 Å². The maximum Gasteiger partial charge on any atom is 0.416 e. The molecule has 0 saturated carbocycles. The first kappa shape index (κ1) is 23.7. The molecule has 1 fully saturated rings. The number of fused-ring (bicyclic) bond motifs is 3. The molecule has 2 aromatic carbocycles. The number of rotatable bonds is 3. The second kappa shape index (κ2) is 8.25. The molecule has 0 aromatic heterocycles. The third-order valence-corrected chi connectivity index (χ3v) is 7.06. The van der Waals surface area contributed by atoms with Gasteiger partial charge in [-0.2, -0.15) is 13.2 Å². The van der Waals surface area contributed by atoms with Gasteiger partial charge in [0.1, 0.15) is 0 Å². The third kappa shape index (κ3) is 3.55. The second-order valence-electron chi connectivity index (χ2n) is 9.00. The average Bonchev–Trinajstić information content (AvgIpc) is 3.40. The molecule has 1 N–H and O–H groups in total. The van der Waals surface area contributed by atoms with Gasteiger partial charge in [-0.3, -0.25) is 14.5 Å². The number of carbonyl (C=O) groups is 3. The number of alkyl halides is 3. The highest BCUT2D eigenvalue weighted by molar-refractivity contribution is 6.09. The standard InChI is InChI=1S/C26H21F3N2O5/c1-13-14(2)24(30(22(13)32)17-8-5-7-16(11-17)26(27,28)29)36-12-20-19-10-15-6-3-4-9-18(15)21(19)31(23(20)33)25(34)35/h3-9,11-12,19,21,24H,10H2,1-2H3,(H,34,35)/b20-12+. The molecule has 5 rings (SSSR count). The summed E-state index contributed by atoms with van der Waals surface area (Å²) >= 11 is 0. The predicted octanol–water partition coefficient (Wildman–Crippen LogP) is 5.05. The van der Waals surface area contributed by atoms with Crippen molar-refractivity contribution in [2.75, 3.05) is 4.90 Å². The topological polar surface area (TPSA) is 87.2 Å². The van der Waals surface area contributed by atoms with Crippen molar-refractivity contribution in [1.82, 2.24) is 4.90 Å². The monoisotopic (exact) mass is 498 g/mol. The zero-order valence-corrected chi connectivity index (χ0v) is 19.2. The van der Waals surface area contributed by atoms with Gasteiger partial charge in [-0.25, -0.2) is 9.69 Å². The SMILES string of the molecule is CC1=C(C)C(O/C=C2/C(=O)N(C(=O)O)C3c4ccccc4CC23)N(c2cccc(C(F)(F)F)c2)C1=O. The number of imide groups is 1. The Morgan fingerprint density at radius 3 is 2.50 bits per heavy atom. The van der Waals surface area contributed by atoms with Crippen LogP contribution >= 0.6 is 0 Å². The van der Waals surface area contributed by atoms with Crippen molar-refractivity contribution in [3.8, 4) is 0 Å². The first-order chi connectivity index (χ1) is 17.0. The normalized spacial score (nSPS) is 24.6. The Labute approximate surface area is 204 Å². The van der Waals surface area contributed by atoms with Gasteiger partial charge in [-0.15, -0.1) is 0 Å². The van der Waals surface area contributed by atoms with Crippen LogP contribution in [0.25, 0.3) is 0 Å². The fraction of sp³-hybridized carbons (Fsp3) is 0.269. The van der Waals surface area contributed by atoms with Crippen LogP contribution in [0.15, 0.2) is 71.5 Å². The van der Waals surface area contributed by atoms with Gasteiger partial charge in [-0.05, 0) is 55.2 Å². The number of hydrogen-bond donors (Lipinski definition) is 1. The highest BCUT2D eigenvalue weighted by atomic mass is 19.4. The van der Waals surface area contributed by atoms with Crippen molar-refractivity contribution >= 4 is 23.6 Å². The van der Waals surface area contributed by atoms with Crippen LogP contribution in [0.4, 0.5) is 23.7 Å². The quantitative estimate of drug-likeness (QED) is 0.473. The first-order valence-electron chi connectivity index (χ1n) is 11.2. The number of carbonyl (C=O) groups excluding carboxylic acids is 2. The molecule has 3 unspecified atom stereocenters. The molecule has 0 bridgehead atoms. The molecule has 186 valence electrons. The lowest BCUT2D eigenvalue weighted by atomic mass is 9.97. The highest BCUT2D eigenvalue weighted by Crippen LogP contribution is 2.49. The minimum absolute atomic E-state index is 0.00881. The Morgan fingerprint density at radius 1 is 1.08 bits per heavy atom. The summed E-state index contributed by atoms with van der Waals surface area (Å²) in [5.41, 5.74) is 1.66. The largest absolute Gasteiger partial charge is 0.473 e. The van der Waals surface area contributed by atoms with Gasteiger partial charge in [0.25, 0.3) is 11.8 Å². The van der Waals surface area contributed by atoms with E-state index >= 15 is 0 Å². The lowest BCUT2D eigenvalue weighted by Crippen LogP contribution is -2.37. The van der Waals surface area contributed by atoms with E-state index in [1.807, 2.05) is 12.1 Å². The van der Waals surface area contributed by atoms with Crippen molar-refractivity contribution < 1.29 is 37.4 Å². The van der Waals surface area contributed by atoms with E-state index in [0.717, 1.165) is 39.3 Å². The van der Waals surface area contributed by atoms with Gasteiger partial charge in [0.15, 0.2) is 0 Å². The number of ether oxygens (including phenoxy) is 1. The smallest absolute Gasteiger partial charge is 0.416 e. The van der Waals surface area contributed by atoms with Gasteiger partial charge >= 0.3 is 12.3 Å². The number of nitrogens with zero attached hydrogens (tertiary/aromatic N) is 2. The van der Waals surface area contributed by atoms with Crippen LogP contribution in [0, 0.1) is 5.92 Å². The molecule has 0 radical (unpaired) electrons. The lowest BCUT2D eigenvalue weighted by molar-refractivity contribution is -0.137. The van der Waals surface area contributed by atoms with Gasteiger partial charge in [0.2, 0.25) is 6.23 Å².